The molecule has 0 bridgehead atoms. The second-order valence-electron chi connectivity index (χ2n) is 5.59. The quantitative estimate of drug-likeness (QED) is 0.686. The van der Waals surface area contributed by atoms with Crippen LogP contribution < -0.4 is 5.32 Å². The maximum Gasteiger partial charge on any atom is 0.361 e. The third-order valence-corrected chi connectivity index (χ3v) is 3.73. The molecule has 0 saturated heterocycles. The molecule has 1 amide bonds. The summed E-state index contributed by atoms with van der Waals surface area (Å²) < 4.78 is 24.0. The lowest BCUT2D eigenvalue weighted by Crippen LogP contribution is -2.29. The van der Waals surface area contributed by atoms with Gasteiger partial charge in [-0.2, -0.15) is 0 Å². The average molecular weight is 392 g/mol. The van der Waals surface area contributed by atoms with Crippen LogP contribution in [0.4, 0.5) is 10.1 Å². The number of hydrogen-bond donors (Lipinski definition) is 1. The van der Waals surface area contributed by atoms with Gasteiger partial charge in [-0.3, -0.25) is 4.79 Å². The molecule has 2 rings (SSSR count). The van der Waals surface area contributed by atoms with Crippen LogP contribution in [0.5, 0.6) is 0 Å². The molecule has 0 aliphatic rings. The number of ether oxygens (including phenoxy) is 2. The van der Waals surface area contributed by atoms with Gasteiger partial charge in [0.2, 0.25) is 11.6 Å². The monoisotopic (exact) mass is 392 g/mol. The minimum atomic E-state index is -0.958. The van der Waals surface area contributed by atoms with Crippen LogP contribution in [0.1, 0.15) is 54.2 Å². The standard InChI is InChI=1S/C18H21FN4O5/c1-4-13(16(24)20-12-9-7-11(19)8-10-12)23-15(18(26)28-6-3)14(21-22-23)17(25)27-5-2/h7-10,13H,4-6H2,1-3H3,(H,20,24)/t13-/m0/s1. The zero-order valence-corrected chi connectivity index (χ0v) is 15.8. The van der Waals surface area contributed by atoms with Crippen LogP contribution in [0.2, 0.25) is 0 Å². The predicted octanol–water partition coefficient (Wildman–Crippen LogP) is 2.36. The smallest absolute Gasteiger partial charge is 0.361 e. The Labute approximate surface area is 160 Å². The molecule has 0 saturated carbocycles. The molecule has 1 N–H and O–H groups in total. The van der Waals surface area contributed by atoms with Crippen molar-refractivity contribution in [3.63, 3.8) is 0 Å². The first-order chi connectivity index (χ1) is 13.4. The molecule has 2 aromatic rings. The van der Waals surface area contributed by atoms with Crippen molar-refractivity contribution in [1.82, 2.24) is 15.0 Å². The van der Waals surface area contributed by atoms with Crippen LogP contribution in [0, 0.1) is 5.82 Å². The zero-order chi connectivity index (χ0) is 20.7. The van der Waals surface area contributed by atoms with Crippen molar-refractivity contribution in [3.8, 4) is 0 Å². The van der Waals surface area contributed by atoms with Gasteiger partial charge < -0.3 is 14.8 Å². The highest BCUT2D eigenvalue weighted by molar-refractivity contribution is 6.01. The van der Waals surface area contributed by atoms with Gasteiger partial charge >= 0.3 is 11.9 Å². The number of carbonyl (C=O) groups is 3. The van der Waals surface area contributed by atoms with Crippen molar-refractivity contribution in [2.75, 3.05) is 18.5 Å². The molecule has 1 aromatic carbocycles. The summed E-state index contributed by atoms with van der Waals surface area (Å²) in [6, 6.07) is 4.25. The Kier molecular flexibility index (Phi) is 7.19. The molecule has 0 radical (unpaired) electrons. The van der Waals surface area contributed by atoms with Crippen LogP contribution in [0.15, 0.2) is 24.3 Å². The fourth-order valence-corrected chi connectivity index (χ4v) is 2.47. The highest BCUT2D eigenvalue weighted by Gasteiger charge is 2.33. The summed E-state index contributed by atoms with van der Waals surface area (Å²) in [5, 5.41) is 10.1. The van der Waals surface area contributed by atoms with Gasteiger partial charge in [0.15, 0.2) is 5.69 Å². The molecule has 28 heavy (non-hydrogen) atoms. The summed E-state index contributed by atoms with van der Waals surface area (Å²) in [6.07, 6.45) is 0.241. The van der Waals surface area contributed by atoms with Crippen LogP contribution in [0.25, 0.3) is 0 Å². The number of esters is 2. The van der Waals surface area contributed by atoms with Gasteiger partial charge in [-0.15, -0.1) is 5.10 Å². The van der Waals surface area contributed by atoms with E-state index >= 15 is 0 Å². The Morgan fingerprint density at radius 1 is 1.07 bits per heavy atom. The maximum atomic E-state index is 13.0. The molecule has 150 valence electrons. The van der Waals surface area contributed by atoms with E-state index in [1.807, 2.05) is 0 Å². The average Bonchev–Trinajstić information content (AvgIpc) is 3.09. The molecular formula is C18H21FN4O5. The Bertz CT molecular complexity index is 850. The minimum absolute atomic E-state index is 0.0604. The fraction of sp³-hybridized carbons (Fsp3) is 0.389. The second kappa shape index (κ2) is 9.58. The topological polar surface area (TPSA) is 112 Å². The lowest BCUT2D eigenvalue weighted by Gasteiger charge is -2.17. The SMILES string of the molecule is CCOC(=O)c1nnn([C@@H](CC)C(=O)Nc2ccc(F)cc2)c1C(=O)OCC. The summed E-state index contributed by atoms with van der Waals surface area (Å²) in [7, 11) is 0. The number of anilines is 1. The highest BCUT2D eigenvalue weighted by Crippen LogP contribution is 2.20. The van der Waals surface area contributed by atoms with Crippen LogP contribution in [0.3, 0.4) is 0 Å². The van der Waals surface area contributed by atoms with Crippen molar-refractivity contribution >= 4 is 23.5 Å². The molecule has 0 fully saturated rings. The number of amides is 1. The number of nitrogens with one attached hydrogen (secondary N) is 1. The summed E-state index contributed by atoms with van der Waals surface area (Å²) in [5.74, 6) is -2.64. The van der Waals surface area contributed by atoms with E-state index in [9.17, 15) is 18.8 Å². The van der Waals surface area contributed by atoms with Gasteiger partial charge in [-0.05, 0) is 44.5 Å². The van der Waals surface area contributed by atoms with Crippen molar-refractivity contribution in [2.45, 2.75) is 33.2 Å². The molecule has 0 spiro atoms. The molecule has 0 aliphatic heterocycles. The van der Waals surface area contributed by atoms with E-state index in [1.54, 1.807) is 20.8 Å². The molecule has 0 aliphatic carbocycles. The molecule has 1 aromatic heterocycles. The van der Waals surface area contributed by atoms with E-state index in [4.69, 9.17) is 9.47 Å². The number of carbonyl (C=O) groups excluding carboxylic acids is 3. The first kappa shape index (κ1) is 21.0. The predicted molar refractivity (Wildman–Crippen MR) is 96.3 cm³/mol. The van der Waals surface area contributed by atoms with E-state index in [2.05, 4.69) is 15.6 Å². The minimum Gasteiger partial charge on any atom is -0.461 e. The number of aromatic nitrogens is 3. The summed E-state index contributed by atoms with van der Waals surface area (Å²) in [5.41, 5.74) is -0.219. The number of rotatable bonds is 8. The Balaban J connectivity index is 2.38. The first-order valence-electron chi connectivity index (χ1n) is 8.78. The van der Waals surface area contributed by atoms with Crippen molar-refractivity contribution in [3.05, 3.63) is 41.5 Å². The first-order valence-corrected chi connectivity index (χ1v) is 8.78. The van der Waals surface area contributed by atoms with Crippen LogP contribution >= 0.6 is 0 Å². The van der Waals surface area contributed by atoms with Gasteiger partial charge in [-0.25, -0.2) is 18.7 Å². The Morgan fingerprint density at radius 2 is 1.68 bits per heavy atom. The number of benzene rings is 1. The molecule has 10 heteroatoms. The van der Waals surface area contributed by atoms with Crippen molar-refractivity contribution in [1.29, 1.82) is 0 Å². The molecule has 0 unspecified atom stereocenters. The second-order valence-corrected chi connectivity index (χ2v) is 5.59. The Morgan fingerprint density at radius 3 is 2.25 bits per heavy atom. The van der Waals surface area contributed by atoms with Gasteiger partial charge in [0.25, 0.3) is 0 Å². The van der Waals surface area contributed by atoms with E-state index < -0.39 is 29.7 Å². The zero-order valence-electron chi connectivity index (χ0n) is 15.8. The number of nitrogens with zero attached hydrogens (tertiary/aromatic N) is 3. The highest BCUT2D eigenvalue weighted by atomic mass is 19.1. The molecule has 1 heterocycles. The normalized spacial score (nSPS) is 11.6. The van der Waals surface area contributed by atoms with E-state index in [0.717, 1.165) is 4.68 Å². The van der Waals surface area contributed by atoms with E-state index in [1.165, 1.54) is 24.3 Å². The summed E-state index contributed by atoms with van der Waals surface area (Å²) >= 11 is 0. The van der Waals surface area contributed by atoms with E-state index in [-0.39, 0.29) is 31.0 Å². The molecule has 1 atom stereocenters. The molecular weight excluding hydrogens is 371 g/mol. The number of halogens is 1. The van der Waals surface area contributed by atoms with Gasteiger partial charge in [-0.1, -0.05) is 12.1 Å². The van der Waals surface area contributed by atoms with Gasteiger partial charge in [0.1, 0.15) is 11.9 Å². The third-order valence-electron chi connectivity index (χ3n) is 3.73. The van der Waals surface area contributed by atoms with Crippen molar-refractivity contribution < 1.29 is 28.2 Å². The molecule has 9 nitrogen and oxygen atoms in total. The van der Waals surface area contributed by atoms with Crippen LogP contribution in [-0.2, 0) is 14.3 Å². The summed E-state index contributed by atoms with van der Waals surface area (Å²) in [6.45, 7) is 5.06. The van der Waals surface area contributed by atoms with Crippen LogP contribution in [-0.4, -0.2) is 46.1 Å². The Hall–Kier alpha value is -3.30. The van der Waals surface area contributed by atoms with Crippen molar-refractivity contribution in [2.24, 2.45) is 0 Å². The summed E-state index contributed by atoms with van der Waals surface area (Å²) in [4.78, 5) is 37.2. The lowest BCUT2D eigenvalue weighted by atomic mass is 10.2. The third kappa shape index (κ3) is 4.70. The largest absolute Gasteiger partial charge is 0.461 e. The fourth-order valence-electron chi connectivity index (χ4n) is 2.47. The van der Waals surface area contributed by atoms with Gasteiger partial charge in [0, 0.05) is 5.69 Å². The lowest BCUT2D eigenvalue weighted by molar-refractivity contribution is -0.119. The van der Waals surface area contributed by atoms with Gasteiger partial charge in [0.05, 0.1) is 13.2 Å². The number of hydrogen-bond acceptors (Lipinski definition) is 7. The maximum absolute atomic E-state index is 13.0. The van der Waals surface area contributed by atoms with E-state index in [0.29, 0.717) is 5.69 Å².